The minimum atomic E-state index is -0.569. The molecule has 1 heterocycles. The predicted molar refractivity (Wildman–Crippen MR) is 57.8 cm³/mol. The van der Waals surface area contributed by atoms with Gasteiger partial charge in [-0.05, 0) is 17.8 Å². The van der Waals surface area contributed by atoms with Crippen molar-refractivity contribution in [3.63, 3.8) is 0 Å². The van der Waals surface area contributed by atoms with Gasteiger partial charge in [-0.2, -0.15) is 0 Å². The second-order valence-corrected chi connectivity index (χ2v) is 4.95. The van der Waals surface area contributed by atoms with Gasteiger partial charge in [0.05, 0.1) is 6.10 Å². The van der Waals surface area contributed by atoms with Crippen LogP contribution in [-0.4, -0.2) is 17.5 Å². The maximum Gasteiger partial charge on any atom is 0.157 e. The van der Waals surface area contributed by atoms with Gasteiger partial charge in [0.2, 0.25) is 0 Å². The molecule has 0 radical (unpaired) electrons. The molecule has 6 atom stereocenters. The molecule has 0 aromatic rings. The molecule has 0 bridgehead atoms. The van der Waals surface area contributed by atoms with Gasteiger partial charge in [-0.3, -0.25) is 0 Å². The lowest BCUT2D eigenvalue weighted by atomic mass is 9.75. The van der Waals surface area contributed by atoms with E-state index >= 15 is 0 Å². The molecule has 0 amide bonds. The molecular formula is C12H24O2. The smallest absolute Gasteiger partial charge is 0.157 e. The Hall–Kier alpha value is -0.0800. The summed E-state index contributed by atoms with van der Waals surface area (Å²) < 4.78 is 5.69. The molecule has 1 fully saturated rings. The zero-order chi connectivity index (χ0) is 10.9. The van der Waals surface area contributed by atoms with Gasteiger partial charge in [0, 0.05) is 5.92 Å². The molecule has 1 N–H and O–H groups in total. The van der Waals surface area contributed by atoms with Crippen LogP contribution in [0.1, 0.15) is 41.0 Å². The summed E-state index contributed by atoms with van der Waals surface area (Å²) in [5, 5.41) is 9.76. The van der Waals surface area contributed by atoms with Crippen LogP contribution in [0.4, 0.5) is 0 Å². The molecule has 0 aromatic carbocycles. The standard InChI is InChI=1S/C12H24O2/c1-6-7(2)11-9(4)8(3)10(5)12(13)14-11/h7-13H,6H2,1-5H3. The van der Waals surface area contributed by atoms with Crippen LogP contribution in [0, 0.1) is 23.7 Å². The molecule has 0 aliphatic carbocycles. The van der Waals surface area contributed by atoms with E-state index in [0.29, 0.717) is 17.8 Å². The summed E-state index contributed by atoms with van der Waals surface area (Å²) >= 11 is 0. The van der Waals surface area contributed by atoms with Crippen LogP contribution in [0.2, 0.25) is 0 Å². The molecule has 84 valence electrons. The highest BCUT2D eigenvalue weighted by Gasteiger charge is 2.39. The van der Waals surface area contributed by atoms with Gasteiger partial charge in [-0.25, -0.2) is 0 Å². The van der Waals surface area contributed by atoms with Crippen molar-refractivity contribution in [1.82, 2.24) is 0 Å². The Bertz CT molecular complexity index is 181. The summed E-state index contributed by atoms with van der Waals surface area (Å²) in [6, 6.07) is 0. The van der Waals surface area contributed by atoms with Gasteiger partial charge in [0.1, 0.15) is 0 Å². The zero-order valence-corrected chi connectivity index (χ0v) is 10.0. The molecule has 2 nitrogen and oxygen atoms in total. The van der Waals surface area contributed by atoms with E-state index in [-0.39, 0.29) is 12.0 Å². The van der Waals surface area contributed by atoms with Crippen molar-refractivity contribution in [2.75, 3.05) is 0 Å². The summed E-state index contributed by atoms with van der Waals surface area (Å²) in [7, 11) is 0. The van der Waals surface area contributed by atoms with E-state index in [1.807, 2.05) is 0 Å². The van der Waals surface area contributed by atoms with Crippen LogP contribution in [0.5, 0.6) is 0 Å². The highest BCUT2D eigenvalue weighted by atomic mass is 16.6. The number of hydrogen-bond acceptors (Lipinski definition) is 2. The van der Waals surface area contributed by atoms with Crippen LogP contribution in [0.15, 0.2) is 0 Å². The summed E-state index contributed by atoms with van der Waals surface area (Å²) in [5.41, 5.74) is 0. The van der Waals surface area contributed by atoms with E-state index < -0.39 is 6.29 Å². The van der Waals surface area contributed by atoms with E-state index in [1.54, 1.807) is 0 Å². The Labute approximate surface area is 87.7 Å². The van der Waals surface area contributed by atoms with Crippen molar-refractivity contribution < 1.29 is 9.84 Å². The summed E-state index contributed by atoms with van der Waals surface area (Å²) in [5.74, 6) is 1.88. The molecule has 0 spiro atoms. The van der Waals surface area contributed by atoms with Crippen LogP contribution < -0.4 is 0 Å². The first-order chi connectivity index (χ1) is 6.49. The molecule has 2 heteroatoms. The molecule has 1 aliphatic rings. The van der Waals surface area contributed by atoms with Gasteiger partial charge >= 0.3 is 0 Å². The zero-order valence-electron chi connectivity index (χ0n) is 10.0. The number of hydrogen-bond donors (Lipinski definition) is 1. The van der Waals surface area contributed by atoms with Crippen molar-refractivity contribution in [2.45, 2.75) is 53.4 Å². The molecule has 14 heavy (non-hydrogen) atoms. The average molecular weight is 200 g/mol. The summed E-state index contributed by atoms with van der Waals surface area (Å²) in [4.78, 5) is 0. The van der Waals surface area contributed by atoms with Crippen LogP contribution in [0.3, 0.4) is 0 Å². The summed E-state index contributed by atoms with van der Waals surface area (Å²) in [6.45, 7) is 10.9. The van der Waals surface area contributed by atoms with Gasteiger partial charge < -0.3 is 9.84 Å². The molecule has 0 saturated carbocycles. The second kappa shape index (κ2) is 4.63. The largest absolute Gasteiger partial charge is 0.368 e. The number of ether oxygens (including phenoxy) is 1. The lowest BCUT2D eigenvalue weighted by Gasteiger charge is -2.43. The first-order valence-corrected chi connectivity index (χ1v) is 5.82. The molecule has 1 aliphatic heterocycles. The van der Waals surface area contributed by atoms with E-state index in [9.17, 15) is 5.11 Å². The molecule has 1 rings (SSSR count). The minimum Gasteiger partial charge on any atom is -0.368 e. The fourth-order valence-electron chi connectivity index (χ4n) is 2.33. The van der Waals surface area contributed by atoms with Crippen molar-refractivity contribution in [3.8, 4) is 0 Å². The maximum absolute atomic E-state index is 9.76. The average Bonchev–Trinajstić information content (AvgIpc) is 2.19. The Kier molecular flexibility index (Phi) is 3.96. The minimum absolute atomic E-state index is 0.223. The van der Waals surface area contributed by atoms with E-state index in [1.165, 1.54) is 0 Å². The number of rotatable bonds is 2. The van der Waals surface area contributed by atoms with Crippen molar-refractivity contribution in [2.24, 2.45) is 23.7 Å². The second-order valence-electron chi connectivity index (χ2n) is 4.95. The van der Waals surface area contributed by atoms with E-state index in [4.69, 9.17) is 4.74 Å². The van der Waals surface area contributed by atoms with Gasteiger partial charge in [0.25, 0.3) is 0 Å². The topological polar surface area (TPSA) is 29.5 Å². The third kappa shape index (κ3) is 2.12. The first kappa shape index (κ1) is 12.0. The highest BCUT2D eigenvalue weighted by molar-refractivity contribution is 4.84. The van der Waals surface area contributed by atoms with E-state index in [2.05, 4.69) is 34.6 Å². The first-order valence-electron chi connectivity index (χ1n) is 5.82. The molecular weight excluding hydrogens is 176 g/mol. The van der Waals surface area contributed by atoms with Crippen molar-refractivity contribution in [3.05, 3.63) is 0 Å². The Morgan fingerprint density at radius 1 is 1.14 bits per heavy atom. The van der Waals surface area contributed by atoms with Crippen molar-refractivity contribution >= 4 is 0 Å². The molecule has 0 aromatic heterocycles. The molecule has 6 unspecified atom stereocenters. The Balaban J connectivity index is 2.70. The van der Waals surface area contributed by atoms with Gasteiger partial charge in [0.15, 0.2) is 6.29 Å². The highest BCUT2D eigenvalue weighted by Crippen LogP contribution is 2.37. The SMILES string of the molecule is CCC(C)C1OC(O)C(C)C(C)C1C. The third-order valence-electron chi connectivity index (χ3n) is 4.13. The lowest BCUT2D eigenvalue weighted by molar-refractivity contribution is -0.236. The maximum atomic E-state index is 9.76. The quantitative estimate of drug-likeness (QED) is 0.742. The van der Waals surface area contributed by atoms with Crippen LogP contribution in [-0.2, 0) is 4.74 Å². The van der Waals surface area contributed by atoms with Crippen LogP contribution in [0.25, 0.3) is 0 Å². The number of aliphatic hydroxyl groups is 1. The fourth-order valence-corrected chi connectivity index (χ4v) is 2.33. The van der Waals surface area contributed by atoms with Gasteiger partial charge in [-0.15, -0.1) is 0 Å². The normalized spacial score (nSPS) is 46.3. The predicted octanol–water partition coefficient (Wildman–Crippen LogP) is 2.66. The van der Waals surface area contributed by atoms with Gasteiger partial charge in [-0.1, -0.05) is 41.0 Å². The number of aliphatic hydroxyl groups excluding tert-OH is 1. The van der Waals surface area contributed by atoms with Crippen molar-refractivity contribution in [1.29, 1.82) is 0 Å². The van der Waals surface area contributed by atoms with E-state index in [0.717, 1.165) is 6.42 Å². The third-order valence-corrected chi connectivity index (χ3v) is 4.13. The monoisotopic (exact) mass is 200 g/mol. The lowest BCUT2D eigenvalue weighted by Crippen LogP contribution is -2.47. The Morgan fingerprint density at radius 3 is 2.21 bits per heavy atom. The van der Waals surface area contributed by atoms with Crippen LogP contribution >= 0.6 is 0 Å². The Morgan fingerprint density at radius 2 is 1.71 bits per heavy atom. The fraction of sp³-hybridized carbons (Fsp3) is 1.00. The molecule has 1 saturated heterocycles. The summed E-state index contributed by atoms with van der Waals surface area (Å²) in [6.07, 6.45) is 0.768.